The molecule has 7 heteroatoms. The molecule has 0 aromatic heterocycles. The Kier molecular flexibility index (Phi) is 5.92. The van der Waals surface area contributed by atoms with Crippen molar-refractivity contribution in [3.63, 3.8) is 0 Å². The van der Waals surface area contributed by atoms with Crippen molar-refractivity contribution in [1.29, 1.82) is 0 Å². The van der Waals surface area contributed by atoms with Crippen molar-refractivity contribution in [1.82, 2.24) is 4.90 Å². The highest BCUT2D eigenvalue weighted by atomic mass is 16.5. The quantitative estimate of drug-likeness (QED) is 0.425. The van der Waals surface area contributed by atoms with Gasteiger partial charge in [0.15, 0.2) is 6.61 Å². The summed E-state index contributed by atoms with van der Waals surface area (Å²) in [4.78, 5) is 52.0. The Morgan fingerprint density at radius 1 is 1.07 bits per heavy atom. The van der Waals surface area contributed by atoms with Crippen LogP contribution in [0.1, 0.15) is 26.7 Å². The molecule has 2 aliphatic rings. The van der Waals surface area contributed by atoms with Crippen LogP contribution in [0.4, 0.5) is 5.69 Å². The third kappa shape index (κ3) is 3.98. The van der Waals surface area contributed by atoms with E-state index in [0.717, 1.165) is 4.90 Å². The number of rotatable bonds is 6. The SMILES string of the molecule is CC(C)N(C(=O)COC(=O)CN1C(=O)[C@H]2CC=CC[C@@H]2C1=O)c1ccccc1. The molecule has 1 aromatic carbocycles. The van der Waals surface area contributed by atoms with Crippen LogP contribution in [0.15, 0.2) is 42.5 Å². The van der Waals surface area contributed by atoms with Crippen molar-refractivity contribution in [3.05, 3.63) is 42.5 Å². The second kappa shape index (κ2) is 8.37. The summed E-state index contributed by atoms with van der Waals surface area (Å²) in [6, 6.07) is 8.98. The molecule has 0 saturated carbocycles. The van der Waals surface area contributed by atoms with Crippen LogP contribution >= 0.6 is 0 Å². The predicted octanol–water partition coefficient (Wildman–Crippen LogP) is 1.92. The van der Waals surface area contributed by atoms with Crippen LogP contribution in [0.25, 0.3) is 0 Å². The van der Waals surface area contributed by atoms with Crippen LogP contribution in [0.3, 0.4) is 0 Å². The van der Waals surface area contributed by atoms with Gasteiger partial charge in [0.05, 0.1) is 11.8 Å². The van der Waals surface area contributed by atoms with Gasteiger partial charge in [0.2, 0.25) is 11.8 Å². The molecule has 28 heavy (non-hydrogen) atoms. The molecule has 2 atom stereocenters. The summed E-state index contributed by atoms with van der Waals surface area (Å²) in [5.41, 5.74) is 0.708. The fourth-order valence-corrected chi connectivity index (χ4v) is 3.73. The minimum atomic E-state index is -0.765. The van der Waals surface area contributed by atoms with Gasteiger partial charge in [-0.3, -0.25) is 24.1 Å². The maximum absolute atomic E-state index is 12.6. The number of amides is 3. The van der Waals surface area contributed by atoms with Crippen LogP contribution < -0.4 is 4.90 Å². The lowest BCUT2D eigenvalue weighted by molar-refractivity contribution is -0.154. The third-order valence-electron chi connectivity index (χ3n) is 5.06. The number of esters is 1. The van der Waals surface area contributed by atoms with Gasteiger partial charge in [-0.2, -0.15) is 0 Å². The maximum Gasteiger partial charge on any atom is 0.326 e. The van der Waals surface area contributed by atoms with E-state index in [1.807, 2.05) is 44.2 Å². The fraction of sp³-hybridized carbons (Fsp3) is 0.429. The summed E-state index contributed by atoms with van der Waals surface area (Å²) in [5, 5.41) is 0. The number of likely N-dealkylation sites (tertiary alicyclic amines) is 1. The standard InChI is InChI=1S/C21H24N2O5/c1-14(2)23(15-8-4-3-5-9-15)18(24)13-28-19(25)12-22-20(26)16-10-6-7-11-17(16)21(22)27/h3-9,14,16-17H,10-13H2,1-2H3/t16-,17-/m0/s1. The Morgan fingerprint density at radius 2 is 1.64 bits per heavy atom. The molecule has 1 fully saturated rings. The van der Waals surface area contributed by atoms with E-state index in [0.29, 0.717) is 18.5 Å². The summed E-state index contributed by atoms with van der Waals surface area (Å²) >= 11 is 0. The first kappa shape index (κ1) is 19.8. The molecule has 148 valence electrons. The topological polar surface area (TPSA) is 84.0 Å². The summed E-state index contributed by atoms with van der Waals surface area (Å²) in [7, 11) is 0. The number of para-hydroxylation sites is 1. The van der Waals surface area contributed by atoms with Crippen molar-refractivity contribution in [2.45, 2.75) is 32.7 Å². The smallest absolute Gasteiger partial charge is 0.326 e. The molecule has 1 aromatic rings. The van der Waals surface area contributed by atoms with Crippen LogP contribution in [-0.4, -0.2) is 47.8 Å². The van der Waals surface area contributed by atoms with E-state index >= 15 is 0 Å². The zero-order valence-corrected chi connectivity index (χ0v) is 16.0. The minimum Gasteiger partial charge on any atom is -0.454 e. The number of imide groups is 1. The number of hydrogen-bond donors (Lipinski definition) is 0. The number of hydrogen-bond acceptors (Lipinski definition) is 5. The third-order valence-corrected chi connectivity index (χ3v) is 5.06. The van der Waals surface area contributed by atoms with Gasteiger partial charge in [0.25, 0.3) is 5.91 Å². The van der Waals surface area contributed by atoms with Crippen molar-refractivity contribution < 1.29 is 23.9 Å². The van der Waals surface area contributed by atoms with Gasteiger partial charge in [0.1, 0.15) is 6.54 Å². The number of carbonyl (C=O) groups excluding carboxylic acids is 4. The van der Waals surface area contributed by atoms with Gasteiger partial charge in [0, 0.05) is 11.7 Å². The summed E-state index contributed by atoms with van der Waals surface area (Å²) in [6.45, 7) is 2.83. The Hall–Kier alpha value is -2.96. The molecular weight excluding hydrogens is 360 g/mol. The highest BCUT2D eigenvalue weighted by Crippen LogP contribution is 2.34. The van der Waals surface area contributed by atoms with Crippen LogP contribution in [0.2, 0.25) is 0 Å². The first-order chi connectivity index (χ1) is 13.4. The van der Waals surface area contributed by atoms with Crippen molar-refractivity contribution in [2.24, 2.45) is 11.8 Å². The lowest BCUT2D eigenvalue weighted by Crippen LogP contribution is -2.41. The van der Waals surface area contributed by atoms with E-state index in [-0.39, 0.29) is 35.6 Å². The van der Waals surface area contributed by atoms with Crippen LogP contribution in [0, 0.1) is 11.8 Å². The van der Waals surface area contributed by atoms with E-state index in [1.54, 1.807) is 17.0 Å². The van der Waals surface area contributed by atoms with Gasteiger partial charge in [-0.15, -0.1) is 0 Å². The molecule has 0 unspecified atom stereocenters. The number of fused-ring (bicyclic) bond motifs is 1. The average molecular weight is 384 g/mol. The zero-order chi connectivity index (χ0) is 20.3. The van der Waals surface area contributed by atoms with Crippen molar-refractivity contribution in [3.8, 4) is 0 Å². The van der Waals surface area contributed by atoms with Crippen LogP contribution in [-0.2, 0) is 23.9 Å². The first-order valence-corrected chi connectivity index (χ1v) is 9.43. The van der Waals surface area contributed by atoms with E-state index in [9.17, 15) is 19.2 Å². The Balaban J connectivity index is 1.57. The highest BCUT2D eigenvalue weighted by molar-refractivity contribution is 6.07. The van der Waals surface area contributed by atoms with Gasteiger partial charge in [-0.25, -0.2) is 0 Å². The number of ether oxygens (including phenoxy) is 1. The molecular formula is C21H24N2O5. The Bertz CT molecular complexity index is 776. The summed E-state index contributed by atoms with van der Waals surface area (Å²) in [6.07, 6.45) is 4.80. The molecule has 1 aliphatic heterocycles. The molecule has 0 bridgehead atoms. The number of anilines is 1. The van der Waals surface area contributed by atoms with Gasteiger partial charge in [-0.1, -0.05) is 30.4 Å². The maximum atomic E-state index is 12.6. The number of allylic oxidation sites excluding steroid dienone is 2. The van der Waals surface area contributed by atoms with Crippen LogP contribution in [0.5, 0.6) is 0 Å². The minimum absolute atomic E-state index is 0.119. The largest absolute Gasteiger partial charge is 0.454 e. The lowest BCUT2D eigenvalue weighted by atomic mass is 9.85. The van der Waals surface area contributed by atoms with Gasteiger partial charge < -0.3 is 9.64 Å². The number of carbonyl (C=O) groups is 4. The zero-order valence-electron chi connectivity index (χ0n) is 16.0. The van der Waals surface area contributed by atoms with Gasteiger partial charge >= 0.3 is 5.97 Å². The van der Waals surface area contributed by atoms with Crippen molar-refractivity contribution in [2.75, 3.05) is 18.1 Å². The molecule has 0 N–H and O–H groups in total. The van der Waals surface area contributed by atoms with E-state index in [1.165, 1.54) is 0 Å². The van der Waals surface area contributed by atoms with E-state index in [4.69, 9.17) is 4.74 Å². The van der Waals surface area contributed by atoms with E-state index < -0.39 is 19.1 Å². The second-order valence-electron chi connectivity index (χ2n) is 7.27. The van der Waals surface area contributed by atoms with Crippen molar-refractivity contribution >= 4 is 29.4 Å². The molecule has 0 spiro atoms. The molecule has 3 amide bonds. The lowest BCUT2D eigenvalue weighted by Gasteiger charge is -2.26. The van der Waals surface area contributed by atoms with E-state index in [2.05, 4.69) is 0 Å². The normalized spacial score (nSPS) is 21.0. The highest BCUT2D eigenvalue weighted by Gasteiger charge is 2.47. The monoisotopic (exact) mass is 384 g/mol. The van der Waals surface area contributed by atoms with Gasteiger partial charge in [-0.05, 0) is 38.8 Å². The second-order valence-corrected chi connectivity index (χ2v) is 7.27. The number of nitrogens with zero attached hydrogens (tertiary/aromatic N) is 2. The average Bonchev–Trinajstić information content (AvgIpc) is 2.92. The first-order valence-electron chi connectivity index (χ1n) is 9.43. The molecule has 7 nitrogen and oxygen atoms in total. The summed E-state index contributed by atoms with van der Waals surface area (Å²) in [5.74, 6) is -2.58. The predicted molar refractivity (Wildman–Crippen MR) is 102 cm³/mol. The molecule has 0 radical (unpaired) electrons. The molecule has 1 heterocycles. The molecule has 3 rings (SSSR count). The summed E-state index contributed by atoms with van der Waals surface area (Å²) < 4.78 is 5.08. The fourth-order valence-electron chi connectivity index (χ4n) is 3.73. The Labute approximate surface area is 163 Å². The number of benzene rings is 1. The molecule has 1 saturated heterocycles. The molecule has 1 aliphatic carbocycles. The Morgan fingerprint density at radius 3 is 2.18 bits per heavy atom.